The van der Waals surface area contributed by atoms with Gasteiger partial charge < -0.3 is 14.2 Å². The molecule has 0 amide bonds. The fourth-order valence-electron chi connectivity index (χ4n) is 8.23. The molecule has 0 aliphatic rings. The molecule has 12 rings (SSSR count). The first-order valence-corrected chi connectivity index (χ1v) is 23.2. The van der Waals surface area contributed by atoms with Crippen LogP contribution >= 0.6 is 0 Å². The largest absolute Gasteiger partial charge is 0.329 e. The van der Waals surface area contributed by atoms with Crippen LogP contribution in [0, 0.1) is 71.3 Å². The Morgan fingerprint density at radius 1 is 0.423 bits per heavy atom. The summed E-state index contributed by atoms with van der Waals surface area (Å²) in [6, 6.07) is 57.1. The zero-order chi connectivity index (χ0) is 53.4. The van der Waals surface area contributed by atoms with Crippen LogP contribution in [-0.2, 0) is 20.1 Å². The molecule has 0 N–H and O–H groups in total. The Labute approximate surface area is 454 Å². The van der Waals surface area contributed by atoms with Crippen molar-refractivity contribution in [1.29, 1.82) is 0 Å². The van der Waals surface area contributed by atoms with Crippen LogP contribution in [0.5, 0.6) is 0 Å². The van der Waals surface area contributed by atoms with Crippen molar-refractivity contribution >= 4 is 0 Å². The molecular weight excluding hydrogens is 1190 g/mol. The van der Waals surface area contributed by atoms with Gasteiger partial charge in [-0.05, 0) is 70.0 Å². The second kappa shape index (κ2) is 24.0. The van der Waals surface area contributed by atoms with Gasteiger partial charge in [0, 0.05) is 61.7 Å². The summed E-state index contributed by atoms with van der Waals surface area (Å²) in [6.45, 7) is 0. The van der Waals surface area contributed by atoms with Gasteiger partial charge in [-0.25, -0.2) is 17.6 Å². The van der Waals surface area contributed by atoms with Crippen LogP contribution in [0.3, 0.4) is 0 Å². The van der Waals surface area contributed by atoms with E-state index in [1.165, 1.54) is 30.4 Å². The minimum Gasteiger partial charge on any atom is -0.329 e. The van der Waals surface area contributed by atoms with Gasteiger partial charge in [0.05, 0.1) is 34.3 Å². The number of nitrogens with zero attached hydrogens (tertiary/aromatic N) is 9. The van der Waals surface area contributed by atoms with Crippen molar-refractivity contribution in [3.05, 3.63) is 278 Å². The quantitative estimate of drug-likeness (QED) is 0.0817. The van der Waals surface area contributed by atoms with Crippen LogP contribution in [0.15, 0.2) is 206 Å². The molecule has 0 saturated carbocycles. The Bertz CT molecular complexity index is 3520. The maximum absolute atomic E-state index is 14.9. The van der Waals surface area contributed by atoms with Crippen LogP contribution in [0.25, 0.3) is 79.3 Å². The Morgan fingerprint density at radius 2 is 0.821 bits per heavy atom. The van der Waals surface area contributed by atoms with Crippen LogP contribution in [-0.4, -0.2) is 29.6 Å². The van der Waals surface area contributed by atoms with Gasteiger partial charge in [-0.1, -0.05) is 127 Å². The number of benzene rings is 8. The van der Waals surface area contributed by atoms with Gasteiger partial charge in [0.1, 0.15) is 34.6 Å². The number of hydrogen-bond acceptors (Lipinski definition) is 4. The summed E-state index contributed by atoms with van der Waals surface area (Å²) in [4.78, 5) is 4.02. The van der Waals surface area contributed by atoms with Crippen molar-refractivity contribution in [1.82, 2.24) is 34.7 Å². The third kappa shape index (κ3) is 11.5. The van der Waals surface area contributed by atoms with Gasteiger partial charge in [0.2, 0.25) is 0 Å². The first kappa shape index (κ1) is 53.3. The van der Waals surface area contributed by atoms with Crippen molar-refractivity contribution in [3.63, 3.8) is 0 Å². The molecule has 18 heteroatoms. The Morgan fingerprint density at radius 3 is 1.18 bits per heavy atom. The summed E-state index contributed by atoms with van der Waals surface area (Å²) in [6.07, 6.45) is 7.63. The third-order valence-electron chi connectivity index (χ3n) is 11.6. The van der Waals surface area contributed by atoms with E-state index in [0.29, 0.717) is 56.5 Å². The van der Waals surface area contributed by atoms with E-state index in [1.54, 1.807) is 12.3 Å². The minimum atomic E-state index is -0.857. The maximum atomic E-state index is 14.9. The van der Waals surface area contributed by atoms with Gasteiger partial charge in [0.25, 0.3) is 12.7 Å². The Hall–Kier alpha value is -9.51. The van der Waals surface area contributed by atoms with E-state index in [4.69, 9.17) is 0 Å². The molecule has 0 aliphatic heterocycles. The normalized spacial score (nSPS) is 10.7. The summed E-state index contributed by atoms with van der Waals surface area (Å²) >= 11 is 0. The molecule has 4 heterocycles. The average molecular weight is 1230 g/mol. The summed E-state index contributed by atoms with van der Waals surface area (Å²) in [7, 11) is 0. The van der Waals surface area contributed by atoms with E-state index >= 15 is 0 Å². The molecule has 0 saturated heterocycles. The molecule has 0 fully saturated rings. The zero-order valence-corrected chi connectivity index (χ0v) is 42.4. The first-order valence-electron chi connectivity index (χ1n) is 23.2. The van der Waals surface area contributed by atoms with Gasteiger partial charge in [-0.3, -0.25) is 42.0 Å². The number of pyridine rings is 1. The number of hydrogen-bond donors (Lipinski definition) is 0. The maximum Gasteiger partial charge on any atom is 0.268 e. The van der Waals surface area contributed by atoms with E-state index in [9.17, 15) is 35.1 Å². The van der Waals surface area contributed by atoms with Crippen molar-refractivity contribution < 1.29 is 64.4 Å². The van der Waals surface area contributed by atoms with E-state index in [2.05, 4.69) is 50.4 Å². The predicted molar refractivity (Wildman–Crippen MR) is 268 cm³/mol. The van der Waals surface area contributed by atoms with E-state index in [-0.39, 0.29) is 42.9 Å². The molecule has 0 bridgehead atoms. The smallest absolute Gasteiger partial charge is 0.268 e. The number of aromatic nitrogens is 9. The molecule has 9 nitrogen and oxygen atoms in total. The van der Waals surface area contributed by atoms with E-state index in [1.807, 2.05) is 133 Å². The number of imidazole rings is 2. The number of rotatable bonds is 9. The molecule has 0 unspecified atom stereocenters. The van der Waals surface area contributed by atoms with E-state index < -0.39 is 46.5 Å². The van der Waals surface area contributed by atoms with E-state index in [0.717, 1.165) is 48.5 Å². The molecule has 387 valence electrons. The molecule has 8 aromatic carbocycles. The minimum absolute atomic E-state index is 0. The summed E-state index contributed by atoms with van der Waals surface area (Å²) in [5, 5.41) is 14.0. The van der Waals surface area contributed by atoms with Crippen molar-refractivity contribution in [2.45, 2.75) is 0 Å². The Balaban J connectivity index is 0.000000157. The number of halogens is 8. The average Bonchev–Trinajstić information content (AvgIpc) is 4.36. The van der Waals surface area contributed by atoms with Gasteiger partial charge in [-0.15, -0.1) is 24.3 Å². The Kier molecular flexibility index (Phi) is 16.4. The third-order valence-corrected chi connectivity index (χ3v) is 11.6. The molecule has 0 aliphatic carbocycles. The second-order valence-corrected chi connectivity index (χ2v) is 16.5. The van der Waals surface area contributed by atoms with Crippen LogP contribution in [0.4, 0.5) is 35.1 Å². The zero-order valence-electron chi connectivity index (χ0n) is 40.0. The molecular formula is C60H34F8IrN9-3. The summed E-state index contributed by atoms with van der Waals surface area (Å²) < 4.78 is 120. The molecule has 0 atom stereocenters. The SMILES string of the molecule is Fc1c[c-]c(-n2[c-][n+](-c3ccc(F)cc3F)c(-c3ccccc3)c2-c2ccccc2)c(F)c1.Fc1c[c-]c(-n2[c-][n+](-c3ccc(F)cc3F)c(-c3ccccc3)c2-c2ccccc2)c(F)c1.[Ir].c1ccc(-c2nnn[n-]2)nc1. The molecule has 1 radical (unpaired) electrons. The molecule has 12 aromatic rings. The molecule has 0 spiro atoms. The fourth-order valence-corrected chi connectivity index (χ4v) is 8.23. The van der Waals surface area contributed by atoms with Gasteiger partial charge >= 0.3 is 0 Å². The predicted octanol–water partition coefficient (Wildman–Crippen LogP) is 12.4. The fraction of sp³-hybridized carbons (Fsp3) is 0. The summed E-state index contributed by atoms with van der Waals surface area (Å²) in [5.41, 5.74) is 5.25. The molecule has 4 aromatic heterocycles. The second-order valence-electron chi connectivity index (χ2n) is 16.5. The van der Waals surface area contributed by atoms with Crippen LogP contribution < -0.4 is 14.2 Å². The van der Waals surface area contributed by atoms with Gasteiger partial charge in [0.15, 0.2) is 0 Å². The summed E-state index contributed by atoms with van der Waals surface area (Å²) in [5.74, 6) is -5.86. The molecule has 78 heavy (non-hydrogen) atoms. The van der Waals surface area contributed by atoms with Crippen molar-refractivity contribution in [3.8, 4) is 79.3 Å². The van der Waals surface area contributed by atoms with Crippen molar-refractivity contribution in [2.75, 3.05) is 0 Å². The van der Waals surface area contributed by atoms with Crippen LogP contribution in [0.2, 0.25) is 0 Å². The van der Waals surface area contributed by atoms with Gasteiger partial charge in [-0.2, -0.15) is 17.3 Å². The monoisotopic (exact) mass is 1230 g/mol. The number of tetrazole rings is 1. The van der Waals surface area contributed by atoms with Crippen LogP contribution in [0.1, 0.15) is 0 Å². The van der Waals surface area contributed by atoms with Crippen molar-refractivity contribution in [2.24, 2.45) is 0 Å². The standard InChI is InChI=1S/2C27H15F4N2.C6H4N5.Ir/c2*28-20-11-13-24(22(30)15-20)32-17-33(25-14-12-21(29)16-23(25)31)27(19-9-5-2-6-10-19)26(32)18-7-3-1-4-8-18;1-2-4-7-5(3-1)6-8-10-11-9-6;/h2*1-13,15-16H;1-4H;/q3*-1;. The topological polar surface area (TPSA) is 83.3 Å². The first-order chi connectivity index (χ1) is 37.5.